The molecule has 0 atom stereocenters. The van der Waals surface area contributed by atoms with Gasteiger partial charge < -0.3 is 8.80 Å². The Morgan fingerprint density at radius 3 is 0.882 bits per heavy atom. The smallest absolute Gasteiger partial charge is 0.0634 e. The summed E-state index contributed by atoms with van der Waals surface area (Å²) in [5.74, 6) is 0. The van der Waals surface area contributed by atoms with Gasteiger partial charge in [0.2, 0.25) is 0 Å². The Kier molecular flexibility index (Phi) is 7.81. The van der Waals surface area contributed by atoms with Crippen LogP contribution in [-0.2, 0) is 0 Å². The minimum atomic E-state index is 1.21. The third-order valence-corrected chi connectivity index (χ3v) is 14.8. The molecule has 4 aromatic heterocycles. The molecule has 0 aliphatic heterocycles. The molecule has 11 aromatic carbocycles. The summed E-state index contributed by atoms with van der Waals surface area (Å²) in [4.78, 5) is 0. The van der Waals surface area contributed by atoms with Crippen molar-refractivity contribution in [3.63, 3.8) is 0 Å². The van der Waals surface area contributed by atoms with Crippen molar-refractivity contribution in [3.05, 3.63) is 243 Å². The first-order valence-electron chi connectivity index (χ1n) is 23.6. The van der Waals surface area contributed by atoms with E-state index in [9.17, 15) is 0 Å². The van der Waals surface area contributed by atoms with E-state index in [0.29, 0.717) is 0 Å². The van der Waals surface area contributed by atoms with E-state index in [0.717, 1.165) is 0 Å². The summed E-state index contributed by atoms with van der Waals surface area (Å²) in [6, 6.07) is 89.7. The number of para-hydroxylation sites is 2. The first-order valence-corrected chi connectivity index (χ1v) is 23.6. The second-order valence-corrected chi connectivity index (χ2v) is 18.3. The molecule has 0 fully saturated rings. The van der Waals surface area contributed by atoms with Crippen molar-refractivity contribution in [1.82, 2.24) is 8.80 Å². The molecule has 2 nitrogen and oxygen atoms in total. The number of aromatic nitrogens is 2. The molecule has 0 N–H and O–H groups in total. The Balaban J connectivity index is 1.12. The number of hydrogen-bond donors (Lipinski definition) is 0. The maximum absolute atomic E-state index is 2.62. The first-order chi connectivity index (χ1) is 33.8. The van der Waals surface area contributed by atoms with Crippen molar-refractivity contribution in [2.24, 2.45) is 0 Å². The van der Waals surface area contributed by atoms with Crippen molar-refractivity contribution in [1.29, 1.82) is 0 Å². The van der Waals surface area contributed by atoms with E-state index in [1.54, 1.807) is 0 Å². The first kappa shape index (κ1) is 37.3. The number of nitrogens with zero attached hydrogens (tertiary/aromatic N) is 2. The van der Waals surface area contributed by atoms with Crippen LogP contribution in [0, 0.1) is 0 Å². The van der Waals surface area contributed by atoms with Crippen LogP contribution in [0.2, 0.25) is 0 Å². The molecule has 68 heavy (non-hydrogen) atoms. The zero-order valence-electron chi connectivity index (χ0n) is 37.0. The van der Waals surface area contributed by atoms with E-state index in [-0.39, 0.29) is 0 Å². The highest BCUT2D eigenvalue weighted by Gasteiger charge is 2.31. The van der Waals surface area contributed by atoms with Gasteiger partial charge in [0.25, 0.3) is 0 Å². The quantitative estimate of drug-likeness (QED) is 0.157. The van der Waals surface area contributed by atoms with E-state index in [2.05, 4.69) is 251 Å². The van der Waals surface area contributed by atoms with Crippen LogP contribution in [0.15, 0.2) is 243 Å². The van der Waals surface area contributed by atoms with Crippen molar-refractivity contribution in [2.45, 2.75) is 0 Å². The average Bonchev–Trinajstić information content (AvgIpc) is 4.16. The van der Waals surface area contributed by atoms with Crippen molar-refractivity contribution < 1.29 is 0 Å². The molecule has 0 aliphatic rings. The lowest BCUT2D eigenvalue weighted by Gasteiger charge is -2.16. The highest BCUT2D eigenvalue weighted by molar-refractivity contribution is 6.39. The van der Waals surface area contributed by atoms with Gasteiger partial charge in [0, 0.05) is 54.2 Å². The van der Waals surface area contributed by atoms with E-state index >= 15 is 0 Å². The van der Waals surface area contributed by atoms with Crippen LogP contribution in [0.4, 0.5) is 0 Å². The van der Waals surface area contributed by atoms with Crippen LogP contribution in [0.5, 0.6) is 0 Å². The van der Waals surface area contributed by atoms with Crippen molar-refractivity contribution in [2.75, 3.05) is 0 Å². The molecule has 0 radical (unpaired) electrons. The average molecular weight is 861 g/mol. The highest BCUT2D eigenvalue weighted by atomic mass is 14.9. The maximum Gasteiger partial charge on any atom is 0.0634 e. The summed E-state index contributed by atoms with van der Waals surface area (Å²) in [7, 11) is 0. The minimum absolute atomic E-state index is 1.21. The summed E-state index contributed by atoms with van der Waals surface area (Å²) < 4.78 is 5.25. The van der Waals surface area contributed by atoms with Crippen LogP contribution in [0.3, 0.4) is 0 Å². The van der Waals surface area contributed by atoms with Gasteiger partial charge in [-0.05, 0) is 67.8 Å². The SMILES string of the molecule is c1ccc(-c2ccc(-c3ccc4c5c(-c6ccccc6)c6c(c(-c7ccccc7)c5n5c7ccccc7c3c45)c3ccc(-c4ccc(-c5ccccc5)cc4)c4c5ccccc5n6c34)cc2)cc1. The number of benzene rings is 11. The van der Waals surface area contributed by atoms with E-state index in [1.807, 2.05) is 0 Å². The second-order valence-electron chi connectivity index (χ2n) is 18.3. The Labute approximate surface area is 392 Å². The van der Waals surface area contributed by atoms with Crippen molar-refractivity contribution in [3.8, 4) is 66.8 Å². The van der Waals surface area contributed by atoms with Crippen LogP contribution >= 0.6 is 0 Å². The molecule has 0 aliphatic carbocycles. The third kappa shape index (κ3) is 5.12. The lowest BCUT2D eigenvalue weighted by Crippen LogP contribution is -1.93. The Morgan fingerprint density at radius 1 is 0.191 bits per heavy atom. The number of hydrogen-bond acceptors (Lipinski definition) is 0. The molecule has 0 amide bonds. The third-order valence-electron chi connectivity index (χ3n) is 14.8. The molecule has 2 heteroatoms. The standard InChI is InChI=1S/C66H40N2/c1-5-17-41(18-6-1)43-29-33-45(34-30-43)49-37-39-53-61-57(47-21-9-3-10-22-47)66-62(58(48-23-11-4-12-24-48)65(61)67-55-27-15-13-25-51(55)59(49)63(53)67)54-40-38-50(60-52-26-14-16-28-56(52)68(66)64(54)60)46-35-31-44(32-36-46)42-19-7-2-8-20-42/h1-40H. The van der Waals surface area contributed by atoms with Gasteiger partial charge >= 0.3 is 0 Å². The lowest BCUT2D eigenvalue weighted by atomic mass is 9.88. The fourth-order valence-electron chi connectivity index (χ4n) is 12.0. The minimum Gasteiger partial charge on any atom is -0.307 e. The molecule has 15 aromatic rings. The maximum atomic E-state index is 2.62. The largest absolute Gasteiger partial charge is 0.307 e. The highest BCUT2D eigenvalue weighted by Crippen LogP contribution is 2.55. The zero-order chi connectivity index (χ0) is 44.5. The zero-order valence-corrected chi connectivity index (χ0v) is 37.0. The van der Waals surface area contributed by atoms with Crippen LogP contribution < -0.4 is 0 Å². The second kappa shape index (κ2) is 14.3. The number of rotatable bonds is 6. The topological polar surface area (TPSA) is 8.82 Å². The Hall–Kier alpha value is -8.98. The normalized spacial score (nSPS) is 12.1. The van der Waals surface area contributed by atoms with Gasteiger partial charge in [-0.1, -0.05) is 231 Å². The van der Waals surface area contributed by atoms with Gasteiger partial charge in [-0.15, -0.1) is 0 Å². The Bertz CT molecular complexity index is 4120. The molecule has 0 bridgehead atoms. The van der Waals surface area contributed by atoms with Gasteiger partial charge in [-0.2, -0.15) is 0 Å². The van der Waals surface area contributed by atoms with E-state index < -0.39 is 0 Å². The molecule has 4 heterocycles. The summed E-state index contributed by atoms with van der Waals surface area (Å²) in [5, 5.41) is 10.2. The van der Waals surface area contributed by atoms with Gasteiger partial charge in [0.1, 0.15) is 0 Å². The molecular formula is C66H40N2. The molecule has 0 unspecified atom stereocenters. The van der Waals surface area contributed by atoms with Gasteiger partial charge in [-0.3, -0.25) is 0 Å². The van der Waals surface area contributed by atoms with Crippen LogP contribution in [0.1, 0.15) is 0 Å². The molecule has 15 rings (SSSR count). The lowest BCUT2D eigenvalue weighted by molar-refractivity contribution is 1.36. The Morgan fingerprint density at radius 2 is 0.500 bits per heavy atom. The van der Waals surface area contributed by atoms with Gasteiger partial charge in [-0.25, -0.2) is 0 Å². The van der Waals surface area contributed by atoms with Gasteiger partial charge in [0.05, 0.1) is 33.1 Å². The van der Waals surface area contributed by atoms with Crippen molar-refractivity contribution >= 4 is 76.2 Å². The van der Waals surface area contributed by atoms with Gasteiger partial charge in [0.15, 0.2) is 0 Å². The summed E-state index contributed by atoms with van der Waals surface area (Å²) >= 11 is 0. The monoisotopic (exact) mass is 860 g/mol. The summed E-state index contributed by atoms with van der Waals surface area (Å²) in [6.45, 7) is 0. The fraction of sp³-hybridized carbons (Fsp3) is 0. The van der Waals surface area contributed by atoms with Crippen LogP contribution in [0.25, 0.3) is 143 Å². The molecule has 0 spiro atoms. The predicted octanol–water partition coefficient (Wildman–Crippen LogP) is 18.0. The summed E-state index contributed by atoms with van der Waals surface area (Å²) in [6.07, 6.45) is 0. The number of fused-ring (bicyclic) bond motifs is 12. The van der Waals surface area contributed by atoms with E-state index in [1.165, 1.54) is 143 Å². The fourth-order valence-corrected chi connectivity index (χ4v) is 12.0. The molecule has 0 saturated carbocycles. The molecule has 0 saturated heterocycles. The molecular weight excluding hydrogens is 821 g/mol. The van der Waals surface area contributed by atoms with E-state index in [4.69, 9.17) is 0 Å². The molecule has 314 valence electrons. The summed E-state index contributed by atoms with van der Waals surface area (Å²) in [5.41, 5.74) is 22.2. The predicted molar refractivity (Wildman–Crippen MR) is 288 cm³/mol. The van der Waals surface area contributed by atoms with Crippen LogP contribution in [-0.4, -0.2) is 8.80 Å².